The first-order valence-corrected chi connectivity index (χ1v) is 39.1. The summed E-state index contributed by atoms with van der Waals surface area (Å²) < 4.78 is 17.7. The van der Waals surface area contributed by atoms with Crippen molar-refractivity contribution in [3.63, 3.8) is 0 Å². The Morgan fingerprint density at radius 3 is 1.16 bits per heavy atom. The van der Waals surface area contributed by atoms with Crippen molar-refractivity contribution in [2.45, 2.75) is 423 Å². The van der Waals surface area contributed by atoms with Crippen LogP contribution in [0.2, 0.25) is 0 Å². The lowest BCUT2D eigenvalue weighted by molar-refractivity contribution is -0.305. The Labute approximate surface area is 560 Å². The smallest absolute Gasteiger partial charge is 0.306 e. The Hall–Kier alpha value is -2.64. The maximum Gasteiger partial charge on any atom is 0.306 e. The van der Waals surface area contributed by atoms with Gasteiger partial charge in [-0.05, 0) is 89.9 Å². The lowest BCUT2D eigenvalue weighted by Crippen LogP contribution is -2.61. The summed E-state index contributed by atoms with van der Waals surface area (Å²) in [5, 5.41) is 57.4. The average molecular weight is 1280 g/mol. The Bertz CT molecular complexity index is 1720. The molecule has 1 aliphatic heterocycles. The normalized spacial score (nSPS) is 18.3. The number of rotatable bonds is 68. The largest absolute Gasteiger partial charge is 0.454 e. The second-order valence-electron chi connectivity index (χ2n) is 27.1. The highest BCUT2D eigenvalue weighted by atomic mass is 16.7. The number of unbranched alkanes of at least 4 members (excludes halogenated alkanes) is 46. The van der Waals surface area contributed by atoms with Gasteiger partial charge in [0.15, 0.2) is 12.4 Å². The Kier molecular flexibility index (Phi) is 63.9. The summed E-state index contributed by atoms with van der Waals surface area (Å²) in [5.41, 5.74) is 0. The summed E-state index contributed by atoms with van der Waals surface area (Å²) in [6, 6.07) is -1.03. The standard InChI is InChI=1S/C80H147NO10/c1-4-7-10-13-16-19-22-24-26-28-30-32-34-36-37-38-40-42-44-46-48-50-53-56-59-62-65-68-75(85)91-78-77(87)76(86)74(69-82)90-80(78)89-70-71(72(83)66-63-60-57-54-51-21-18-15-12-9-6-3)81-79(88)73(84)67-64-61-58-55-52-49-47-45-43-41-39-35-33-31-29-27-25-23-20-17-14-11-8-5-2/h17,20,24-27,31,33,63,66,71-74,76-78,80,82-84,86-87H,4-16,18-19,21-23,28-30,32,34-62,64-65,67-70H2,1-3H3,(H,81,88)/b20-17-,26-24+,27-25-,33-31-,66-63+. The van der Waals surface area contributed by atoms with Gasteiger partial charge in [0.25, 0.3) is 0 Å². The van der Waals surface area contributed by atoms with E-state index < -0.39 is 67.4 Å². The fourth-order valence-electron chi connectivity index (χ4n) is 12.2. The van der Waals surface area contributed by atoms with E-state index in [-0.39, 0.29) is 19.4 Å². The van der Waals surface area contributed by atoms with Gasteiger partial charge in [-0.3, -0.25) is 9.59 Å². The molecule has 0 radical (unpaired) electrons. The summed E-state index contributed by atoms with van der Waals surface area (Å²) in [6.07, 6.45) is 77.1. The molecule has 1 aliphatic rings. The van der Waals surface area contributed by atoms with Crippen LogP contribution >= 0.6 is 0 Å². The van der Waals surface area contributed by atoms with E-state index in [2.05, 4.69) is 74.7 Å². The van der Waals surface area contributed by atoms with Crippen LogP contribution in [-0.4, -0.2) is 99.6 Å². The molecule has 11 heteroatoms. The number of carbonyl (C=O) groups is 2. The van der Waals surface area contributed by atoms with Gasteiger partial charge in [0.2, 0.25) is 5.91 Å². The van der Waals surface area contributed by atoms with E-state index in [1.54, 1.807) is 6.08 Å². The Morgan fingerprint density at radius 2 is 0.758 bits per heavy atom. The van der Waals surface area contributed by atoms with Gasteiger partial charge in [0.05, 0.1) is 25.4 Å². The fourth-order valence-corrected chi connectivity index (χ4v) is 12.2. The predicted octanol–water partition coefficient (Wildman–Crippen LogP) is 20.9. The number of esters is 1. The lowest BCUT2D eigenvalue weighted by Gasteiger charge is -2.41. The lowest BCUT2D eigenvalue weighted by atomic mass is 9.99. The second kappa shape index (κ2) is 67.3. The number of ether oxygens (including phenoxy) is 3. The van der Waals surface area contributed by atoms with Crippen LogP contribution in [-0.2, 0) is 23.8 Å². The molecule has 0 aliphatic carbocycles. The highest BCUT2D eigenvalue weighted by Crippen LogP contribution is 2.27. The predicted molar refractivity (Wildman–Crippen MR) is 384 cm³/mol. The maximum atomic E-state index is 13.5. The van der Waals surface area contributed by atoms with Gasteiger partial charge >= 0.3 is 5.97 Å². The van der Waals surface area contributed by atoms with Gasteiger partial charge < -0.3 is 45.1 Å². The summed E-state index contributed by atoms with van der Waals surface area (Å²) in [6.45, 7) is 5.81. The van der Waals surface area contributed by atoms with E-state index in [0.717, 1.165) is 77.0 Å². The topological polar surface area (TPSA) is 175 Å². The molecule has 1 fully saturated rings. The quantitative estimate of drug-likeness (QED) is 0.0195. The molecule has 0 aromatic rings. The molecule has 1 rings (SSSR count). The molecule has 0 aromatic carbocycles. The second-order valence-corrected chi connectivity index (χ2v) is 27.1. The summed E-state index contributed by atoms with van der Waals surface area (Å²) in [7, 11) is 0. The van der Waals surface area contributed by atoms with Crippen LogP contribution in [0.3, 0.4) is 0 Å². The third kappa shape index (κ3) is 54.2. The third-order valence-corrected chi connectivity index (χ3v) is 18.4. The van der Waals surface area contributed by atoms with Crippen LogP contribution in [0, 0.1) is 0 Å². The molecule has 0 spiro atoms. The summed E-state index contributed by atoms with van der Waals surface area (Å²) in [5.74, 6) is -1.18. The number of carbonyl (C=O) groups excluding carboxylic acids is 2. The number of aliphatic hydroxyl groups excluding tert-OH is 5. The fraction of sp³-hybridized carbons (Fsp3) is 0.850. The molecule has 8 unspecified atom stereocenters. The van der Waals surface area contributed by atoms with E-state index in [4.69, 9.17) is 14.2 Å². The first kappa shape index (κ1) is 86.4. The number of allylic oxidation sites excluding steroid dienone is 9. The minimum absolute atomic E-state index is 0.126. The molecule has 0 aromatic heterocycles. The molecule has 532 valence electrons. The SMILES string of the molecule is CCCCC/C=C\C/C=C\C/C=C\CCCCCCCCCCCCCC(O)C(=O)NC(COC1OC(CO)C(O)C(O)C1OC(=O)CCCCCCCCCCCCCCCCCCC/C=C/CCCCCCCC)C(O)/C=C/CCCCCCCCCCC. The molecular weight excluding hydrogens is 1130 g/mol. The van der Waals surface area contributed by atoms with Gasteiger partial charge in [-0.1, -0.05) is 338 Å². The zero-order chi connectivity index (χ0) is 66.0. The first-order chi connectivity index (χ1) is 44.7. The van der Waals surface area contributed by atoms with Gasteiger partial charge in [-0.15, -0.1) is 0 Å². The molecule has 0 saturated carbocycles. The first-order valence-electron chi connectivity index (χ1n) is 39.1. The van der Waals surface area contributed by atoms with Crippen molar-refractivity contribution in [1.29, 1.82) is 0 Å². The molecule has 1 saturated heterocycles. The highest BCUT2D eigenvalue weighted by Gasteiger charge is 2.47. The molecular formula is C80H147NO10. The molecule has 91 heavy (non-hydrogen) atoms. The van der Waals surface area contributed by atoms with E-state index in [1.807, 2.05) is 6.08 Å². The van der Waals surface area contributed by atoms with Crippen LogP contribution in [0.15, 0.2) is 60.8 Å². The minimum Gasteiger partial charge on any atom is -0.454 e. The zero-order valence-electron chi connectivity index (χ0n) is 59.5. The summed E-state index contributed by atoms with van der Waals surface area (Å²) in [4.78, 5) is 26.7. The molecule has 11 nitrogen and oxygen atoms in total. The average Bonchev–Trinajstić information content (AvgIpc) is 0.943. The van der Waals surface area contributed by atoms with Crippen molar-refractivity contribution < 1.29 is 49.3 Å². The van der Waals surface area contributed by atoms with Crippen molar-refractivity contribution >= 4 is 11.9 Å². The summed E-state index contributed by atoms with van der Waals surface area (Å²) >= 11 is 0. The number of amides is 1. The Morgan fingerprint density at radius 1 is 0.429 bits per heavy atom. The molecule has 1 heterocycles. The molecule has 1 amide bonds. The van der Waals surface area contributed by atoms with Crippen LogP contribution in [0.25, 0.3) is 0 Å². The van der Waals surface area contributed by atoms with E-state index >= 15 is 0 Å². The van der Waals surface area contributed by atoms with Crippen molar-refractivity contribution in [2.24, 2.45) is 0 Å². The maximum absolute atomic E-state index is 13.5. The van der Waals surface area contributed by atoms with Crippen molar-refractivity contribution in [2.75, 3.05) is 13.2 Å². The van der Waals surface area contributed by atoms with Gasteiger partial charge in [0, 0.05) is 6.42 Å². The van der Waals surface area contributed by atoms with Crippen LogP contribution in [0.1, 0.15) is 374 Å². The van der Waals surface area contributed by atoms with Gasteiger partial charge in [-0.25, -0.2) is 0 Å². The van der Waals surface area contributed by atoms with Crippen LogP contribution in [0.5, 0.6) is 0 Å². The number of hydrogen-bond acceptors (Lipinski definition) is 10. The zero-order valence-corrected chi connectivity index (χ0v) is 59.5. The van der Waals surface area contributed by atoms with Gasteiger partial charge in [0.1, 0.15) is 24.4 Å². The van der Waals surface area contributed by atoms with Crippen LogP contribution in [0.4, 0.5) is 0 Å². The van der Waals surface area contributed by atoms with Crippen molar-refractivity contribution in [1.82, 2.24) is 5.32 Å². The number of hydrogen-bond donors (Lipinski definition) is 6. The molecule has 8 atom stereocenters. The van der Waals surface area contributed by atoms with E-state index in [9.17, 15) is 35.1 Å². The third-order valence-electron chi connectivity index (χ3n) is 18.4. The van der Waals surface area contributed by atoms with Gasteiger partial charge in [-0.2, -0.15) is 0 Å². The number of aliphatic hydroxyl groups is 5. The highest BCUT2D eigenvalue weighted by molar-refractivity contribution is 5.80. The van der Waals surface area contributed by atoms with Crippen LogP contribution < -0.4 is 5.32 Å². The minimum atomic E-state index is -1.61. The van der Waals surface area contributed by atoms with Crippen molar-refractivity contribution in [3.8, 4) is 0 Å². The number of nitrogens with one attached hydrogen (secondary N) is 1. The molecule has 0 bridgehead atoms. The van der Waals surface area contributed by atoms with Crippen molar-refractivity contribution in [3.05, 3.63) is 60.8 Å². The Balaban J connectivity index is 2.48. The van der Waals surface area contributed by atoms with E-state index in [0.29, 0.717) is 12.8 Å². The molecule has 6 N–H and O–H groups in total. The van der Waals surface area contributed by atoms with E-state index in [1.165, 1.54) is 250 Å². The monoisotopic (exact) mass is 1280 g/mol.